The van der Waals surface area contributed by atoms with Crippen molar-refractivity contribution >= 4 is 17.5 Å². The maximum absolute atomic E-state index is 13.6. The van der Waals surface area contributed by atoms with E-state index in [4.69, 9.17) is 5.26 Å². The molecule has 1 saturated heterocycles. The normalized spacial score (nSPS) is 33.3. The van der Waals surface area contributed by atoms with Crippen LogP contribution in [0.25, 0.3) is 0 Å². The molecule has 2 amide bonds. The number of carbonyl (C=O) groups is 2. The van der Waals surface area contributed by atoms with Gasteiger partial charge >= 0.3 is 0 Å². The highest BCUT2D eigenvalue weighted by Crippen LogP contribution is 2.52. The van der Waals surface area contributed by atoms with E-state index in [-0.39, 0.29) is 42.3 Å². The topological polar surface area (TPSA) is 85.2 Å². The lowest BCUT2D eigenvalue weighted by atomic mass is 9.57. The molecule has 3 saturated carbocycles. The number of fused-ring (bicyclic) bond motifs is 3. The number of hydrogen-bond acceptors (Lipinski definition) is 4. The minimum absolute atomic E-state index is 0.00844. The first-order chi connectivity index (χ1) is 14.0. The van der Waals surface area contributed by atoms with Crippen molar-refractivity contribution in [2.75, 3.05) is 18.4 Å². The minimum Gasteiger partial charge on any atom is -0.326 e. The van der Waals surface area contributed by atoms with Crippen LogP contribution in [0.4, 0.5) is 10.1 Å². The summed E-state index contributed by atoms with van der Waals surface area (Å²) >= 11 is 0. The van der Waals surface area contributed by atoms with Crippen LogP contribution in [0.5, 0.6) is 0 Å². The van der Waals surface area contributed by atoms with E-state index < -0.39 is 12.2 Å². The molecule has 1 aromatic rings. The Morgan fingerprint density at radius 2 is 1.79 bits per heavy atom. The highest BCUT2D eigenvalue weighted by molar-refractivity contribution is 5.95. The number of nitriles is 1. The van der Waals surface area contributed by atoms with Gasteiger partial charge in [-0.05, 0) is 50.7 Å². The van der Waals surface area contributed by atoms with Crippen LogP contribution in [-0.4, -0.2) is 47.6 Å². The fourth-order valence-electron chi connectivity index (χ4n) is 5.12. The molecule has 0 unspecified atom stereocenters. The molecular formula is C22H27FN4O2. The van der Waals surface area contributed by atoms with Gasteiger partial charge < -0.3 is 15.5 Å². The van der Waals surface area contributed by atoms with Crippen LogP contribution in [0.3, 0.4) is 0 Å². The van der Waals surface area contributed by atoms with Crippen molar-refractivity contribution in [1.29, 1.82) is 5.26 Å². The highest BCUT2D eigenvalue weighted by atomic mass is 19.1. The quantitative estimate of drug-likeness (QED) is 0.799. The average molecular weight is 398 g/mol. The van der Waals surface area contributed by atoms with Gasteiger partial charge in [0.05, 0.1) is 19.2 Å². The van der Waals surface area contributed by atoms with Crippen molar-refractivity contribution in [1.82, 2.24) is 10.2 Å². The summed E-state index contributed by atoms with van der Waals surface area (Å²) in [5.41, 5.74) is 0.356. The zero-order chi connectivity index (χ0) is 20.5. The van der Waals surface area contributed by atoms with Gasteiger partial charge in [-0.1, -0.05) is 18.2 Å². The van der Waals surface area contributed by atoms with Crippen molar-refractivity contribution in [2.45, 2.75) is 62.7 Å². The number of nitrogens with one attached hydrogen (secondary N) is 2. The number of hydrogen-bond donors (Lipinski definition) is 2. The van der Waals surface area contributed by atoms with Gasteiger partial charge in [0.1, 0.15) is 12.2 Å². The second-order valence-electron chi connectivity index (χ2n) is 8.76. The largest absolute Gasteiger partial charge is 0.326 e. The van der Waals surface area contributed by atoms with Gasteiger partial charge in [-0.3, -0.25) is 9.59 Å². The summed E-state index contributed by atoms with van der Waals surface area (Å²) in [7, 11) is 0. The molecule has 1 aromatic carbocycles. The summed E-state index contributed by atoms with van der Waals surface area (Å²) in [4.78, 5) is 26.8. The fraction of sp³-hybridized carbons (Fsp3) is 0.591. The van der Waals surface area contributed by atoms with Crippen LogP contribution < -0.4 is 10.6 Å². The maximum Gasteiger partial charge on any atom is 0.237 e. The maximum atomic E-state index is 13.6. The zero-order valence-corrected chi connectivity index (χ0v) is 16.5. The van der Waals surface area contributed by atoms with Crippen molar-refractivity contribution in [2.24, 2.45) is 5.41 Å². The van der Waals surface area contributed by atoms with Gasteiger partial charge in [0.15, 0.2) is 0 Å². The number of benzene rings is 1. The third kappa shape index (κ3) is 3.86. The smallest absolute Gasteiger partial charge is 0.237 e. The number of rotatable bonds is 5. The van der Waals surface area contributed by atoms with Crippen molar-refractivity contribution < 1.29 is 14.0 Å². The van der Waals surface area contributed by atoms with Gasteiger partial charge in [-0.15, -0.1) is 0 Å². The summed E-state index contributed by atoms with van der Waals surface area (Å²) in [6.07, 6.45) is 3.90. The first-order valence-corrected chi connectivity index (χ1v) is 10.4. The zero-order valence-electron chi connectivity index (χ0n) is 16.5. The van der Waals surface area contributed by atoms with Gasteiger partial charge in [0.25, 0.3) is 0 Å². The van der Waals surface area contributed by atoms with E-state index in [0.29, 0.717) is 0 Å². The molecular weight excluding hydrogens is 371 g/mol. The van der Waals surface area contributed by atoms with Gasteiger partial charge in [0.2, 0.25) is 11.8 Å². The van der Waals surface area contributed by atoms with Gasteiger partial charge in [0, 0.05) is 23.1 Å². The molecule has 2 atom stereocenters. The van der Waals surface area contributed by atoms with Crippen molar-refractivity contribution in [3.8, 4) is 6.07 Å². The van der Waals surface area contributed by atoms with Crippen molar-refractivity contribution in [3.63, 3.8) is 0 Å². The van der Waals surface area contributed by atoms with Crippen molar-refractivity contribution in [3.05, 3.63) is 30.3 Å². The lowest BCUT2D eigenvalue weighted by Gasteiger charge is -2.52. The van der Waals surface area contributed by atoms with Crippen LogP contribution >= 0.6 is 0 Å². The predicted octanol–water partition coefficient (Wildman–Crippen LogP) is 2.77. The lowest BCUT2D eigenvalue weighted by molar-refractivity contribution is -0.135. The Hall–Kier alpha value is -2.46. The van der Waals surface area contributed by atoms with E-state index in [2.05, 4.69) is 10.6 Å². The molecule has 2 bridgehead atoms. The number of anilines is 1. The van der Waals surface area contributed by atoms with Crippen LogP contribution in [0.15, 0.2) is 30.3 Å². The molecule has 4 aliphatic rings. The number of para-hydroxylation sites is 1. The molecule has 5 rings (SSSR count). The molecule has 0 radical (unpaired) electrons. The fourth-order valence-corrected chi connectivity index (χ4v) is 5.12. The number of likely N-dealkylation sites (tertiary alicyclic amines) is 1. The summed E-state index contributed by atoms with van der Waals surface area (Å²) in [5.74, 6) is -0.119. The Bertz CT molecular complexity index is 797. The number of amides is 2. The van der Waals surface area contributed by atoms with Crippen LogP contribution in [0, 0.1) is 16.7 Å². The Balaban J connectivity index is 1.32. The molecule has 154 valence electrons. The summed E-state index contributed by atoms with van der Waals surface area (Å²) < 4.78 is 13.6. The summed E-state index contributed by atoms with van der Waals surface area (Å²) in [6, 6.07) is 10.9. The van der Waals surface area contributed by atoms with E-state index in [1.165, 1.54) is 4.90 Å². The third-order valence-electron chi connectivity index (χ3n) is 7.09. The summed E-state index contributed by atoms with van der Waals surface area (Å²) in [6.45, 7) is 0.128. The third-order valence-corrected chi connectivity index (χ3v) is 7.09. The molecule has 2 N–H and O–H groups in total. The second kappa shape index (κ2) is 7.75. The SMILES string of the molecule is N#C[C@@H]1C[C@H](F)CN1C(=O)CNC12CCC(C(=O)Nc3ccccc3)(CC1)CC2. The minimum atomic E-state index is -1.12. The number of alkyl halides is 1. The molecule has 0 aromatic heterocycles. The van der Waals surface area contributed by atoms with E-state index in [0.717, 1.165) is 44.2 Å². The predicted molar refractivity (Wildman–Crippen MR) is 107 cm³/mol. The van der Waals surface area contributed by atoms with Gasteiger partial charge in [-0.25, -0.2) is 4.39 Å². The monoisotopic (exact) mass is 398 g/mol. The summed E-state index contributed by atoms with van der Waals surface area (Å²) in [5, 5.41) is 15.6. The second-order valence-corrected chi connectivity index (χ2v) is 8.76. The van der Waals surface area contributed by atoms with Gasteiger partial charge in [-0.2, -0.15) is 5.26 Å². The van der Waals surface area contributed by atoms with E-state index in [9.17, 15) is 14.0 Å². The molecule has 3 aliphatic carbocycles. The molecule has 29 heavy (non-hydrogen) atoms. The molecule has 0 spiro atoms. The highest BCUT2D eigenvalue weighted by Gasteiger charge is 2.52. The van der Waals surface area contributed by atoms with Crippen LogP contribution in [0.1, 0.15) is 44.9 Å². The Morgan fingerprint density at radius 1 is 1.14 bits per heavy atom. The molecule has 4 fully saturated rings. The van der Waals surface area contributed by atoms with Crippen LogP contribution in [0.2, 0.25) is 0 Å². The first kappa shape index (κ1) is 19.8. The molecule has 6 nitrogen and oxygen atoms in total. The average Bonchev–Trinajstić information content (AvgIpc) is 3.15. The molecule has 1 aliphatic heterocycles. The number of carbonyl (C=O) groups excluding carboxylic acids is 2. The number of halogens is 1. The molecule has 1 heterocycles. The Morgan fingerprint density at radius 3 is 2.41 bits per heavy atom. The Kier molecular flexibility index (Phi) is 5.30. The van der Waals surface area contributed by atoms with E-state index >= 15 is 0 Å². The van der Waals surface area contributed by atoms with E-state index in [1.54, 1.807) is 0 Å². The Labute approximate surface area is 170 Å². The lowest BCUT2D eigenvalue weighted by Crippen LogP contribution is -2.59. The number of nitrogens with zero attached hydrogens (tertiary/aromatic N) is 2. The molecule has 7 heteroatoms. The van der Waals surface area contributed by atoms with E-state index in [1.807, 2.05) is 36.4 Å². The van der Waals surface area contributed by atoms with Crippen LogP contribution in [-0.2, 0) is 9.59 Å². The first-order valence-electron chi connectivity index (χ1n) is 10.4. The standard InChI is InChI=1S/C22H27FN4O2/c23-16-12-18(13-24)27(15-16)19(28)14-25-22-9-6-21(7-10-22,8-11-22)20(29)26-17-4-2-1-3-5-17/h1-5,16,18,25H,6-12,14-15H2,(H,26,29)/t16-,18-,21?,22?/m0/s1.